The van der Waals surface area contributed by atoms with Crippen LogP contribution in [0.1, 0.15) is 42.5 Å². The van der Waals surface area contributed by atoms with Crippen molar-refractivity contribution in [2.45, 2.75) is 45.7 Å². The molecule has 0 bridgehead atoms. The van der Waals surface area contributed by atoms with Gasteiger partial charge in [0.1, 0.15) is 0 Å². The molecule has 0 aliphatic carbocycles. The summed E-state index contributed by atoms with van der Waals surface area (Å²) in [5.41, 5.74) is 5.73. The quantitative estimate of drug-likeness (QED) is 0.692. The molecule has 0 spiro atoms. The predicted molar refractivity (Wildman–Crippen MR) is 126 cm³/mol. The monoisotopic (exact) mass is 413 g/mol. The van der Waals surface area contributed by atoms with E-state index in [0.29, 0.717) is 6.04 Å². The van der Waals surface area contributed by atoms with Crippen LogP contribution in [0.5, 0.6) is 0 Å². The van der Waals surface area contributed by atoms with E-state index in [1.807, 2.05) is 0 Å². The van der Waals surface area contributed by atoms with Gasteiger partial charge in [-0.25, -0.2) is 0 Å². The van der Waals surface area contributed by atoms with Crippen LogP contribution in [0.4, 0.5) is 5.69 Å². The minimum Gasteiger partial charge on any atom is -0.369 e. The molecule has 2 saturated heterocycles. The molecular weight excluding hydrogens is 378 g/mol. The summed E-state index contributed by atoms with van der Waals surface area (Å²) < 4.78 is 0. The number of piperazine rings is 1. The number of hydrogen-bond acceptors (Lipinski definition) is 3. The molecule has 0 N–H and O–H groups in total. The third kappa shape index (κ3) is 4.96. The number of rotatable bonds is 4. The van der Waals surface area contributed by atoms with E-state index in [-0.39, 0.29) is 12.4 Å². The molecule has 4 rings (SSSR count). The van der Waals surface area contributed by atoms with E-state index >= 15 is 0 Å². The maximum Gasteiger partial charge on any atom is 0.0396 e. The Bertz CT molecular complexity index is 777. The first-order valence-corrected chi connectivity index (χ1v) is 11.0. The van der Waals surface area contributed by atoms with Gasteiger partial charge in [-0.2, -0.15) is 0 Å². The lowest BCUT2D eigenvalue weighted by atomic mass is 9.96. The third-order valence-electron chi connectivity index (χ3n) is 6.97. The van der Waals surface area contributed by atoms with Crippen LogP contribution < -0.4 is 4.90 Å². The number of benzene rings is 2. The molecule has 1 atom stereocenters. The van der Waals surface area contributed by atoms with Gasteiger partial charge in [0.2, 0.25) is 0 Å². The molecule has 2 fully saturated rings. The summed E-state index contributed by atoms with van der Waals surface area (Å²) in [6, 6.07) is 19.0. The van der Waals surface area contributed by atoms with Crippen molar-refractivity contribution >= 4 is 18.1 Å². The average Bonchev–Trinajstić information content (AvgIpc) is 2.74. The van der Waals surface area contributed by atoms with E-state index in [1.54, 1.807) is 0 Å². The molecule has 4 heteroatoms. The number of likely N-dealkylation sites (tertiary alicyclic amines) is 1. The highest BCUT2D eigenvalue weighted by Gasteiger charge is 2.29. The Balaban J connectivity index is 0.00000240. The van der Waals surface area contributed by atoms with Crippen molar-refractivity contribution < 1.29 is 0 Å². The zero-order valence-corrected chi connectivity index (χ0v) is 19.0. The fourth-order valence-corrected chi connectivity index (χ4v) is 5.14. The molecule has 2 aromatic rings. The summed E-state index contributed by atoms with van der Waals surface area (Å²) in [6.07, 6.45) is 2.61. The molecule has 1 unspecified atom stereocenters. The Hall–Kier alpha value is -1.55. The summed E-state index contributed by atoms with van der Waals surface area (Å²) in [5.74, 6) is 0. The van der Waals surface area contributed by atoms with Crippen molar-refractivity contribution in [2.24, 2.45) is 0 Å². The van der Waals surface area contributed by atoms with Crippen LogP contribution in [0.15, 0.2) is 48.5 Å². The van der Waals surface area contributed by atoms with Gasteiger partial charge in [-0.05, 0) is 56.4 Å². The lowest BCUT2D eigenvalue weighted by molar-refractivity contribution is 0.0839. The topological polar surface area (TPSA) is 9.72 Å². The molecule has 0 amide bonds. The van der Waals surface area contributed by atoms with E-state index in [1.165, 1.54) is 61.4 Å². The van der Waals surface area contributed by atoms with Gasteiger partial charge in [0.25, 0.3) is 0 Å². The number of nitrogens with zero attached hydrogens (tertiary/aromatic N) is 3. The van der Waals surface area contributed by atoms with Crippen molar-refractivity contribution in [3.05, 3.63) is 65.2 Å². The maximum atomic E-state index is 2.75. The van der Waals surface area contributed by atoms with Crippen LogP contribution >= 0.6 is 12.4 Å². The Morgan fingerprint density at radius 3 is 1.97 bits per heavy atom. The minimum absolute atomic E-state index is 0. The summed E-state index contributed by atoms with van der Waals surface area (Å²) in [4.78, 5) is 8.01. The maximum absolute atomic E-state index is 2.75. The molecule has 0 saturated carbocycles. The zero-order chi connectivity index (χ0) is 19.5. The number of anilines is 1. The summed E-state index contributed by atoms with van der Waals surface area (Å²) in [7, 11) is 0. The fraction of sp³-hybridized carbons (Fsp3) is 0.520. The van der Waals surface area contributed by atoms with E-state index in [0.717, 1.165) is 19.1 Å². The van der Waals surface area contributed by atoms with E-state index < -0.39 is 0 Å². The molecule has 2 aliphatic rings. The Morgan fingerprint density at radius 1 is 0.759 bits per heavy atom. The van der Waals surface area contributed by atoms with Crippen LogP contribution in [-0.4, -0.2) is 55.1 Å². The van der Waals surface area contributed by atoms with Crippen LogP contribution in [0.2, 0.25) is 0 Å². The van der Waals surface area contributed by atoms with Crippen molar-refractivity contribution in [3.8, 4) is 0 Å². The van der Waals surface area contributed by atoms with Gasteiger partial charge >= 0.3 is 0 Å². The normalized spacial score (nSPS) is 20.3. The van der Waals surface area contributed by atoms with Gasteiger partial charge in [0.05, 0.1) is 0 Å². The van der Waals surface area contributed by atoms with E-state index in [4.69, 9.17) is 0 Å². The predicted octanol–water partition coefficient (Wildman–Crippen LogP) is 5.07. The first-order valence-electron chi connectivity index (χ1n) is 11.0. The third-order valence-corrected chi connectivity index (χ3v) is 6.97. The van der Waals surface area contributed by atoms with Crippen LogP contribution in [0.3, 0.4) is 0 Å². The molecule has 3 nitrogen and oxygen atoms in total. The Morgan fingerprint density at radius 2 is 1.34 bits per heavy atom. The largest absolute Gasteiger partial charge is 0.369 e. The number of aryl methyl sites for hydroxylation is 2. The minimum atomic E-state index is 0. The zero-order valence-electron chi connectivity index (χ0n) is 18.2. The first kappa shape index (κ1) is 22.1. The summed E-state index contributed by atoms with van der Waals surface area (Å²) in [5, 5.41) is 0. The molecule has 2 aromatic carbocycles. The SMILES string of the molecule is Cc1ccccc1C(C)N1CCC(N2CCN(c3ccccc3C)CC2)CC1.Cl. The standard InChI is InChI=1S/C25H35N3.ClH/c1-20-8-4-6-10-24(20)22(3)26-14-12-23(13-15-26)27-16-18-28(19-17-27)25-11-7-5-9-21(25)2;/h4-11,22-23H,12-19H2,1-3H3;1H. The van der Waals surface area contributed by atoms with Crippen molar-refractivity contribution in [1.82, 2.24) is 9.80 Å². The van der Waals surface area contributed by atoms with E-state index in [2.05, 4.69) is 84.0 Å². The second-order valence-electron chi connectivity index (χ2n) is 8.61. The first-order chi connectivity index (χ1) is 13.6. The smallest absolute Gasteiger partial charge is 0.0396 e. The lowest BCUT2D eigenvalue weighted by Crippen LogP contribution is -2.53. The molecule has 2 heterocycles. The van der Waals surface area contributed by atoms with Crippen molar-refractivity contribution in [3.63, 3.8) is 0 Å². The highest BCUT2D eigenvalue weighted by Crippen LogP contribution is 2.29. The second-order valence-corrected chi connectivity index (χ2v) is 8.61. The van der Waals surface area contributed by atoms with Gasteiger partial charge in [0, 0.05) is 57.0 Å². The van der Waals surface area contributed by atoms with E-state index in [9.17, 15) is 0 Å². The highest BCUT2D eigenvalue weighted by atomic mass is 35.5. The highest BCUT2D eigenvalue weighted by molar-refractivity contribution is 5.85. The number of para-hydroxylation sites is 1. The number of piperidine rings is 1. The molecule has 158 valence electrons. The van der Waals surface area contributed by atoms with Crippen LogP contribution in [0.25, 0.3) is 0 Å². The van der Waals surface area contributed by atoms with Gasteiger partial charge in [-0.1, -0.05) is 42.5 Å². The summed E-state index contributed by atoms with van der Waals surface area (Å²) >= 11 is 0. The Labute approximate surface area is 183 Å². The van der Waals surface area contributed by atoms with Gasteiger partial charge in [-0.15, -0.1) is 12.4 Å². The lowest BCUT2D eigenvalue weighted by Gasteiger charge is -2.44. The van der Waals surface area contributed by atoms with Gasteiger partial charge in [-0.3, -0.25) is 9.80 Å². The molecule has 0 aromatic heterocycles. The van der Waals surface area contributed by atoms with Crippen LogP contribution in [0, 0.1) is 13.8 Å². The molecular formula is C25H36ClN3. The molecule has 2 aliphatic heterocycles. The van der Waals surface area contributed by atoms with Crippen LogP contribution in [-0.2, 0) is 0 Å². The average molecular weight is 414 g/mol. The second kappa shape index (κ2) is 9.97. The number of halogens is 1. The van der Waals surface area contributed by atoms with Gasteiger partial charge in [0.15, 0.2) is 0 Å². The number of hydrogen-bond donors (Lipinski definition) is 0. The molecule has 0 radical (unpaired) electrons. The fourth-order valence-electron chi connectivity index (χ4n) is 5.14. The summed E-state index contributed by atoms with van der Waals surface area (Å²) in [6.45, 7) is 14.0. The molecule has 29 heavy (non-hydrogen) atoms. The van der Waals surface area contributed by atoms with Crippen molar-refractivity contribution in [2.75, 3.05) is 44.2 Å². The van der Waals surface area contributed by atoms with Gasteiger partial charge < -0.3 is 4.90 Å². The van der Waals surface area contributed by atoms with Crippen molar-refractivity contribution in [1.29, 1.82) is 0 Å². The Kier molecular flexibility index (Phi) is 7.61.